The van der Waals surface area contributed by atoms with Crippen molar-refractivity contribution in [2.24, 2.45) is 0 Å². The molecule has 2 rings (SSSR count). The van der Waals surface area contributed by atoms with Crippen molar-refractivity contribution < 1.29 is 9.53 Å². The second kappa shape index (κ2) is 9.71. The van der Waals surface area contributed by atoms with Gasteiger partial charge in [-0.05, 0) is 17.7 Å². The summed E-state index contributed by atoms with van der Waals surface area (Å²) in [5, 5.41) is 11.8. The average Bonchev–Trinajstić information content (AvgIpc) is 2.63. The summed E-state index contributed by atoms with van der Waals surface area (Å²) in [5.74, 6) is 0. The van der Waals surface area contributed by atoms with Crippen molar-refractivity contribution in [1.29, 1.82) is 5.26 Å². The first-order valence-corrected chi connectivity index (χ1v) is 8.15. The summed E-state index contributed by atoms with van der Waals surface area (Å²) < 4.78 is 5.31. The first-order chi connectivity index (χ1) is 11.7. The molecule has 0 aliphatic carbocycles. The number of hydrogen-bond acceptors (Lipinski definition) is 4. The van der Waals surface area contributed by atoms with Gasteiger partial charge < -0.3 is 15.0 Å². The van der Waals surface area contributed by atoms with Crippen molar-refractivity contribution >= 4 is 6.03 Å². The lowest BCUT2D eigenvalue weighted by Gasteiger charge is -2.27. The Balaban J connectivity index is 1.82. The van der Waals surface area contributed by atoms with Crippen LogP contribution in [0.3, 0.4) is 0 Å². The van der Waals surface area contributed by atoms with E-state index in [1.165, 1.54) is 0 Å². The van der Waals surface area contributed by atoms with Crippen molar-refractivity contribution in [3.63, 3.8) is 0 Å². The topological polar surface area (TPSA) is 68.6 Å². The predicted octanol–water partition coefficient (Wildman–Crippen LogP) is 1.59. The van der Waals surface area contributed by atoms with E-state index in [1.807, 2.05) is 12.1 Å². The lowest BCUT2D eigenvalue weighted by atomic mass is 10.1. The van der Waals surface area contributed by atoms with Gasteiger partial charge in [-0.3, -0.25) is 4.90 Å². The van der Waals surface area contributed by atoms with E-state index in [1.54, 1.807) is 23.1 Å². The van der Waals surface area contributed by atoms with E-state index in [2.05, 4.69) is 22.9 Å². The van der Waals surface area contributed by atoms with E-state index < -0.39 is 0 Å². The zero-order valence-electron chi connectivity index (χ0n) is 13.9. The minimum Gasteiger partial charge on any atom is -0.379 e. The van der Waals surface area contributed by atoms with Crippen molar-refractivity contribution in [3.8, 4) is 6.07 Å². The first-order valence-electron chi connectivity index (χ1n) is 8.15. The normalized spacial score (nSPS) is 14.6. The van der Waals surface area contributed by atoms with Crippen LogP contribution in [0, 0.1) is 11.3 Å². The quantitative estimate of drug-likeness (QED) is 0.772. The van der Waals surface area contributed by atoms with Gasteiger partial charge in [0, 0.05) is 39.3 Å². The Hall–Kier alpha value is -2.36. The van der Waals surface area contributed by atoms with Crippen molar-refractivity contribution in [2.75, 3.05) is 45.9 Å². The molecule has 128 valence electrons. The number of benzene rings is 1. The van der Waals surface area contributed by atoms with Crippen LogP contribution >= 0.6 is 0 Å². The molecule has 0 atom stereocenters. The number of carbonyl (C=O) groups excluding carboxylic acids is 1. The summed E-state index contributed by atoms with van der Waals surface area (Å²) in [4.78, 5) is 16.4. The second-order valence-electron chi connectivity index (χ2n) is 5.66. The number of nitriles is 1. The van der Waals surface area contributed by atoms with Crippen LogP contribution in [0.1, 0.15) is 11.1 Å². The molecule has 1 aliphatic rings. The van der Waals surface area contributed by atoms with Crippen molar-refractivity contribution in [2.45, 2.75) is 6.54 Å². The smallest absolute Gasteiger partial charge is 0.318 e. The molecule has 1 aliphatic heterocycles. The number of carbonyl (C=O) groups is 1. The van der Waals surface area contributed by atoms with Crippen LogP contribution in [0.2, 0.25) is 0 Å². The highest BCUT2D eigenvalue weighted by molar-refractivity contribution is 5.74. The molecule has 6 heteroatoms. The van der Waals surface area contributed by atoms with Crippen LogP contribution in [0.5, 0.6) is 0 Å². The monoisotopic (exact) mass is 328 g/mol. The third-order valence-electron chi connectivity index (χ3n) is 3.90. The Morgan fingerprint density at radius 1 is 1.38 bits per heavy atom. The molecule has 24 heavy (non-hydrogen) atoms. The third kappa shape index (κ3) is 5.69. The van der Waals surface area contributed by atoms with Crippen LogP contribution in [0.4, 0.5) is 4.79 Å². The molecule has 0 aromatic heterocycles. The van der Waals surface area contributed by atoms with E-state index in [0.717, 1.165) is 38.4 Å². The summed E-state index contributed by atoms with van der Waals surface area (Å²) in [7, 11) is 0. The maximum atomic E-state index is 12.4. The molecule has 0 bridgehead atoms. The van der Waals surface area contributed by atoms with Gasteiger partial charge in [0.1, 0.15) is 0 Å². The molecule has 1 heterocycles. The van der Waals surface area contributed by atoms with Gasteiger partial charge in [0.15, 0.2) is 0 Å². The molecule has 2 amide bonds. The number of ether oxygens (including phenoxy) is 1. The van der Waals surface area contributed by atoms with Gasteiger partial charge in [-0.15, -0.1) is 6.58 Å². The van der Waals surface area contributed by atoms with Gasteiger partial charge in [0.05, 0.1) is 24.8 Å². The van der Waals surface area contributed by atoms with Crippen LogP contribution in [0.15, 0.2) is 36.9 Å². The summed E-state index contributed by atoms with van der Waals surface area (Å²) in [6.45, 7) is 9.47. The molecular weight excluding hydrogens is 304 g/mol. The zero-order chi connectivity index (χ0) is 17.2. The SMILES string of the molecule is C=CCN(Cc1ccc(C#N)cc1)C(=O)NCCN1CCOCC1. The second-order valence-corrected chi connectivity index (χ2v) is 5.66. The van der Waals surface area contributed by atoms with E-state index in [9.17, 15) is 4.79 Å². The van der Waals surface area contributed by atoms with Crippen molar-refractivity contribution in [1.82, 2.24) is 15.1 Å². The highest BCUT2D eigenvalue weighted by Crippen LogP contribution is 2.07. The summed E-state index contributed by atoms with van der Waals surface area (Å²) >= 11 is 0. The number of nitrogens with zero attached hydrogens (tertiary/aromatic N) is 3. The van der Waals surface area contributed by atoms with Gasteiger partial charge in [0.25, 0.3) is 0 Å². The highest BCUT2D eigenvalue weighted by atomic mass is 16.5. The molecule has 1 aromatic carbocycles. The Bertz CT molecular complexity index is 574. The molecule has 0 saturated carbocycles. The fourth-order valence-corrected chi connectivity index (χ4v) is 2.54. The molecular formula is C18H24N4O2. The minimum absolute atomic E-state index is 0.104. The molecule has 0 radical (unpaired) electrons. The number of urea groups is 1. The van der Waals surface area contributed by atoms with Gasteiger partial charge >= 0.3 is 6.03 Å². The molecule has 1 saturated heterocycles. The standard InChI is InChI=1S/C18H24N4O2/c1-2-8-22(15-17-5-3-16(14-19)4-6-17)18(23)20-7-9-21-10-12-24-13-11-21/h2-6H,1,7-13,15H2,(H,20,23). The van der Waals surface area contributed by atoms with E-state index in [0.29, 0.717) is 25.2 Å². The Labute approximate surface area is 143 Å². The Morgan fingerprint density at radius 2 is 2.08 bits per heavy atom. The Morgan fingerprint density at radius 3 is 2.71 bits per heavy atom. The first kappa shape index (κ1) is 18.0. The molecule has 6 nitrogen and oxygen atoms in total. The van der Waals surface area contributed by atoms with E-state index in [-0.39, 0.29) is 6.03 Å². The average molecular weight is 328 g/mol. The fraction of sp³-hybridized carbons (Fsp3) is 0.444. The Kier molecular flexibility index (Phi) is 7.27. The molecule has 0 spiro atoms. The van der Waals surface area contributed by atoms with Crippen LogP contribution < -0.4 is 5.32 Å². The number of hydrogen-bond donors (Lipinski definition) is 1. The highest BCUT2D eigenvalue weighted by Gasteiger charge is 2.14. The maximum Gasteiger partial charge on any atom is 0.318 e. The van der Waals surface area contributed by atoms with Gasteiger partial charge in [0.2, 0.25) is 0 Å². The summed E-state index contributed by atoms with van der Waals surface area (Å²) in [6.07, 6.45) is 1.71. The van der Waals surface area contributed by atoms with Crippen LogP contribution in [-0.2, 0) is 11.3 Å². The predicted molar refractivity (Wildman–Crippen MR) is 92.4 cm³/mol. The summed E-state index contributed by atoms with van der Waals surface area (Å²) in [6, 6.07) is 9.25. The van der Waals surface area contributed by atoms with Crippen LogP contribution in [0.25, 0.3) is 0 Å². The van der Waals surface area contributed by atoms with Crippen molar-refractivity contribution in [3.05, 3.63) is 48.0 Å². The van der Waals surface area contributed by atoms with Gasteiger partial charge in [-0.2, -0.15) is 5.26 Å². The van der Waals surface area contributed by atoms with E-state index >= 15 is 0 Å². The number of nitrogens with one attached hydrogen (secondary N) is 1. The third-order valence-corrected chi connectivity index (χ3v) is 3.90. The molecule has 1 fully saturated rings. The number of rotatable bonds is 7. The lowest BCUT2D eigenvalue weighted by Crippen LogP contribution is -2.45. The molecule has 1 aromatic rings. The summed E-state index contributed by atoms with van der Waals surface area (Å²) in [5.41, 5.74) is 1.60. The molecule has 1 N–H and O–H groups in total. The molecule has 0 unspecified atom stereocenters. The van der Waals surface area contributed by atoms with E-state index in [4.69, 9.17) is 10.00 Å². The largest absolute Gasteiger partial charge is 0.379 e. The van der Waals surface area contributed by atoms with Crippen LogP contribution in [-0.4, -0.2) is 61.8 Å². The minimum atomic E-state index is -0.104. The number of amides is 2. The number of morpholine rings is 1. The zero-order valence-corrected chi connectivity index (χ0v) is 13.9. The maximum absolute atomic E-state index is 12.4. The lowest BCUT2D eigenvalue weighted by molar-refractivity contribution is 0.0386. The van der Waals surface area contributed by atoms with Gasteiger partial charge in [-0.25, -0.2) is 4.79 Å². The fourth-order valence-electron chi connectivity index (χ4n) is 2.54. The van der Waals surface area contributed by atoms with Gasteiger partial charge in [-0.1, -0.05) is 18.2 Å².